The fraction of sp³-hybridized carbons (Fsp3) is 0. The van der Waals surface area contributed by atoms with Crippen molar-refractivity contribution in [3.8, 4) is 17.7 Å². The number of halogens is 1. The number of ether oxygens (including phenoxy) is 1. The summed E-state index contributed by atoms with van der Waals surface area (Å²) in [4.78, 5) is 18.3. The van der Waals surface area contributed by atoms with Crippen LogP contribution in [0.3, 0.4) is 0 Å². The third-order valence-corrected chi connectivity index (χ3v) is 2.36. The van der Waals surface area contributed by atoms with Crippen LogP contribution in [0.15, 0.2) is 30.6 Å². The number of hydrogen-bond acceptors (Lipinski definition) is 5. The van der Waals surface area contributed by atoms with Gasteiger partial charge in [-0.05, 0) is 18.2 Å². The first-order chi connectivity index (χ1) is 8.74. The highest BCUT2D eigenvalue weighted by atomic mass is 35.5. The molecule has 0 atom stereocenters. The number of benzene rings is 1. The maximum Gasteiger partial charge on any atom is 0.256 e. The first kappa shape index (κ1) is 12.0. The molecule has 2 rings (SSSR count). The highest BCUT2D eigenvalue weighted by Crippen LogP contribution is 2.29. The predicted molar refractivity (Wildman–Crippen MR) is 63.7 cm³/mol. The summed E-state index contributed by atoms with van der Waals surface area (Å²) in [6.07, 6.45) is 3.48. The minimum absolute atomic E-state index is 0.0630. The molecule has 6 heteroatoms. The van der Waals surface area contributed by atoms with Gasteiger partial charge in [0.2, 0.25) is 5.69 Å². The third-order valence-electron chi connectivity index (χ3n) is 2.07. The molecule has 5 nitrogen and oxygen atoms in total. The summed E-state index contributed by atoms with van der Waals surface area (Å²) < 4.78 is 5.39. The van der Waals surface area contributed by atoms with Gasteiger partial charge in [0.05, 0.1) is 5.02 Å². The van der Waals surface area contributed by atoms with Crippen molar-refractivity contribution in [3.63, 3.8) is 0 Å². The molecular weight excluding hydrogens is 254 g/mol. The lowest BCUT2D eigenvalue weighted by molar-refractivity contribution is 0.112. The molecule has 1 aromatic carbocycles. The largest absolute Gasteiger partial charge is 0.435 e. The van der Waals surface area contributed by atoms with Crippen molar-refractivity contribution in [2.45, 2.75) is 0 Å². The number of rotatable bonds is 3. The van der Waals surface area contributed by atoms with Crippen molar-refractivity contribution in [3.05, 3.63) is 46.9 Å². The minimum Gasteiger partial charge on any atom is -0.435 e. The van der Waals surface area contributed by atoms with E-state index >= 15 is 0 Å². The Morgan fingerprint density at radius 1 is 1.33 bits per heavy atom. The van der Waals surface area contributed by atoms with Crippen LogP contribution in [0.2, 0.25) is 5.02 Å². The van der Waals surface area contributed by atoms with Gasteiger partial charge in [0.1, 0.15) is 18.1 Å². The first-order valence-corrected chi connectivity index (χ1v) is 5.26. The van der Waals surface area contributed by atoms with E-state index in [-0.39, 0.29) is 16.6 Å². The van der Waals surface area contributed by atoms with E-state index in [1.165, 1.54) is 24.5 Å². The van der Waals surface area contributed by atoms with Crippen molar-refractivity contribution in [1.29, 1.82) is 5.26 Å². The fourth-order valence-corrected chi connectivity index (χ4v) is 1.48. The number of aromatic nitrogens is 2. The molecule has 1 heterocycles. The van der Waals surface area contributed by atoms with E-state index in [0.717, 1.165) is 0 Å². The lowest BCUT2D eigenvalue weighted by atomic mass is 10.2. The second-order valence-electron chi connectivity index (χ2n) is 3.23. The van der Waals surface area contributed by atoms with Crippen LogP contribution in [0.1, 0.15) is 16.1 Å². The molecule has 0 radical (unpaired) electrons. The Kier molecular flexibility index (Phi) is 3.51. The molecule has 0 aliphatic rings. The van der Waals surface area contributed by atoms with Gasteiger partial charge < -0.3 is 4.74 Å². The van der Waals surface area contributed by atoms with Gasteiger partial charge in [0, 0.05) is 18.0 Å². The van der Waals surface area contributed by atoms with Gasteiger partial charge in [-0.1, -0.05) is 11.6 Å². The topological polar surface area (TPSA) is 75.9 Å². The molecule has 0 N–H and O–H groups in total. The van der Waals surface area contributed by atoms with E-state index in [0.29, 0.717) is 17.6 Å². The molecule has 18 heavy (non-hydrogen) atoms. The molecule has 0 aliphatic heterocycles. The molecule has 0 aliphatic carbocycles. The minimum atomic E-state index is 0.0630. The Morgan fingerprint density at radius 2 is 2.11 bits per heavy atom. The van der Waals surface area contributed by atoms with E-state index in [1.807, 2.05) is 6.07 Å². The smallest absolute Gasteiger partial charge is 0.256 e. The summed E-state index contributed by atoms with van der Waals surface area (Å²) in [7, 11) is 0. The molecule has 0 saturated heterocycles. The van der Waals surface area contributed by atoms with Crippen LogP contribution in [0.25, 0.3) is 0 Å². The average Bonchev–Trinajstić information content (AvgIpc) is 2.41. The lowest BCUT2D eigenvalue weighted by Gasteiger charge is -2.07. The predicted octanol–water partition coefficient (Wildman–Crippen LogP) is 2.61. The molecular formula is C12H6ClN3O2. The number of carbonyl (C=O) groups is 1. The Morgan fingerprint density at radius 3 is 2.78 bits per heavy atom. The van der Waals surface area contributed by atoms with E-state index < -0.39 is 0 Å². The van der Waals surface area contributed by atoms with Crippen molar-refractivity contribution in [1.82, 2.24) is 9.97 Å². The number of carbonyl (C=O) groups excluding carboxylic acids is 1. The van der Waals surface area contributed by atoms with Gasteiger partial charge in [-0.25, -0.2) is 9.97 Å². The third kappa shape index (κ3) is 2.44. The van der Waals surface area contributed by atoms with Crippen LogP contribution < -0.4 is 4.74 Å². The molecule has 0 amide bonds. The molecule has 0 fully saturated rings. The van der Waals surface area contributed by atoms with E-state index in [2.05, 4.69) is 9.97 Å². The Balaban J connectivity index is 2.35. The van der Waals surface area contributed by atoms with Gasteiger partial charge in [-0.3, -0.25) is 4.79 Å². The lowest BCUT2D eigenvalue weighted by Crippen LogP contribution is -1.94. The SMILES string of the molecule is N#Cc1nccnc1Oc1ccc(C=O)cc1Cl. The van der Waals surface area contributed by atoms with Crippen molar-refractivity contribution in [2.24, 2.45) is 0 Å². The fourth-order valence-electron chi connectivity index (χ4n) is 1.25. The summed E-state index contributed by atoms with van der Waals surface area (Å²) >= 11 is 5.94. The number of nitrogens with zero attached hydrogens (tertiary/aromatic N) is 3. The maximum atomic E-state index is 10.6. The molecule has 0 bridgehead atoms. The van der Waals surface area contributed by atoms with Crippen LogP contribution in [0, 0.1) is 11.3 Å². The second kappa shape index (κ2) is 5.25. The van der Waals surface area contributed by atoms with Crippen molar-refractivity contribution >= 4 is 17.9 Å². The van der Waals surface area contributed by atoms with E-state index in [9.17, 15) is 4.79 Å². The van der Waals surface area contributed by atoms with Gasteiger partial charge in [0.25, 0.3) is 5.88 Å². The van der Waals surface area contributed by atoms with Gasteiger partial charge >= 0.3 is 0 Å². The van der Waals surface area contributed by atoms with Crippen molar-refractivity contribution < 1.29 is 9.53 Å². The molecule has 2 aromatic rings. The first-order valence-electron chi connectivity index (χ1n) is 4.88. The van der Waals surface area contributed by atoms with Gasteiger partial charge in [0.15, 0.2) is 0 Å². The van der Waals surface area contributed by atoms with E-state index in [1.54, 1.807) is 6.07 Å². The molecule has 88 valence electrons. The highest BCUT2D eigenvalue weighted by molar-refractivity contribution is 6.32. The molecule has 0 saturated carbocycles. The zero-order chi connectivity index (χ0) is 13.0. The summed E-state index contributed by atoms with van der Waals surface area (Å²) in [6, 6.07) is 6.41. The normalized spacial score (nSPS) is 9.56. The van der Waals surface area contributed by atoms with Crippen LogP contribution in [0.5, 0.6) is 11.6 Å². The molecule has 0 unspecified atom stereocenters. The number of nitriles is 1. The Hall–Kier alpha value is -2.45. The van der Waals surface area contributed by atoms with Gasteiger partial charge in [-0.15, -0.1) is 0 Å². The highest BCUT2D eigenvalue weighted by Gasteiger charge is 2.09. The zero-order valence-electron chi connectivity index (χ0n) is 9.00. The van der Waals surface area contributed by atoms with Crippen LogP contribution in [-0.2, 0) is 0 Å². The zero-order valence-corrected chi connectivity index (χ0v) is 9.76. The second-order valence-corrected chi connectivity index (χ2v) is 3.64. The standard InChI is InChI=1S/C12H6ClN3O2/c13-9-5-8(7-17)1-2-11(9)18-12-10(6-14)15-3-4-16-12/h1-5,7H. The monoisotopic (exact) mass is 259 g/mol. The number of hydrogen-bond donors (Lipinski definition) is 0. The summed E-state index contributed by atoms with van der Waals surface area (Å²) in [6.45, 7) is 0. The summed E-state index contributed by atoms with van der Waals surface area (Å²) in [5.74, 6) is 0.375. The molecule has 0 spiro atoms. The van der Waals surface area contributed by atoms with Crippen LogP contribution in [0.4, 0.5) is 0 Å². The number of aldehydes is 1. The average molecular weight is 260 g/mol. The summed E-state index contributed by atoms with van der Waals surface area (Å²) in [5, 5.41) is 9.09. The van der Waals surface area contributed by atoms with Crippen LogP contribution >= 0.6 is 11.6 Å². The van der Waals surface area contributed by atoms with Crippen LogP contribution in [-0.4, -0.2) is 16.3 Å². The van der Waals surface area contributed by atoms with Crippen molar-refractivity contribution in [2.75, 3.05) is 0 Å². The Bertz CT molecular complexity index is 637. The quantitative estimate of drug-likeness (QED) is 0.792. The maximum absolute atomic E-state index is 10.6. The molecule has 1 aromatic heterocycles. The summed E-state index contributed by atoms with van der Waals surface area (Å²) in [5.41, 5.74) is 0.500. The van der Waals surface area contributed by atoms with Gasteiger partial charge in [-0.2, -0.15) is 5.26 Å². The Labute approximate surface area is 108 Å². The van der Waals surface area contributed by atoms with E-state index in [4.69, 9.17) is 21.6 Å².